The molecule has 0 bridgehead atoms. The van der Waals surface area contributed by atoms with Gasteiger partial charge < -0.3 is 10.3 Å². The van der Waals surface area contributed by atoms with Crippen LogP contribution in [0.3, 0.4) is 0 Å². The Morgan fingerprint density at radius 2 is 1.80 bits per heavy atom. The van der Waals surface area contributed by atoms with Crippen LogP contribution in [0.25, 0.3) is 22.4 Å². The Bertz CT molecular complexity index is 728. The fraction of sp³-hybridized carbons (Fsp3) is 0.235. The zero-order chi connectivity index (χ0) is 13.9. The Morgan fingerprint density at radius 1 is 1.05 bits per heavy atom. The number of benzene rings is 2. The molecule has 1 heterocycles. The van der Waals surface area contributed by atoms with Crippen molar-refractivity contribution >= 4 is 11.0 Å². The highest BCUT2D eigenvalue weighted by Crippen LogP contribution is 2.27. The highest BCUT2D eigenvalue weighted by atomic mass is 15.1. The summed E-state index contributed by atoms with van der Waals surface area (Å²) < 4.78 is 2.28. The van der Waals surface area contributed by atoms with Gasteiger partial charge >= 0.3 is 0 Å². The van der Waals surface area contributed by atoms with Gasteiger partial charge in [-0.2, -0.15) is 0 Å². The number of rotatable bonds is 4. The summed E-state index contributed by atoms with van der Waals surface area (Å²) >= 11 is 0. The maximum atomic E-state index is 5.67. The molecule has 0 saturated heterocycles. The van der Waals surface area contributed by atoms with Crippen LogP contribution in [0.2, 0.25) is 0 Å². The Hall–Kier alpha value is -2.13. The second-order valence-corrected chi connectivity index (χ2v) is 5.03. The summed E-state index contributed by atoms with van der Waals surface area (Å²) in [5.74, 6) is 1.04. The Morgan fingerprint density at radius 3 is 2.60 bits per heavy atom. The second-order valence-electron chi connectivity index (χ2n) is 5.03. The molecule has 2 N–H and O–H groups in total. The molecule has 3 nitrogen and oxygen atoms in total. The molecule has 0 spiro atoms. The first kappa shape index (κ1) is 12.9. The van der Waals surface area contributed by atoms with E-state index < -0.39 is 0 Å². The SMILES string of the molecule is Cc1ccccc1-c1nc2ccccc2n1CCCN. The lowest BCUT2D eigenvalue weighted by molar-refractivity contribution is 0.671. The summed E-state index contributed by atoms with van der Waals surface area (Å²) in [6.07, 6.45) is 0.958. The zero-order valence-corrected chi connectivity index (χ0v) is 11.7. The van der Waals surface area contributed by atoms with Gasteiger partial charge in [0.2, 0.25) is 0 Å². The number of hydrogen-bond donors (Lipinski definition) is 1. The van der Waals surface area contributed by atoms with E-state index in [1.807, 2.05) is 6.07 Å². The third kappa shape index (κ3) is 2.21. The van der Waals surface area contributed by atoms with Crippen LogP contribution in [0.5, 0.6) is 0 Å². The minimum absolute atomic E-state index is 0.694. The van der Waals surface area contributed by atoms with Gasteiger partial charge in [0, 0.05) is 12.1 Å². The van der Waals surface area contributed by atoms with Crippen molar-refractivity contribution in [2.75, 3.05) is 6.54 Å². The van der Waals surface area contributed by atoms with Crippen LogP contribution in [0, 0.1) is 6.92 Å². The van der Waals surface area contributed by atoms with Crippen molar-refractivity contribution in [2.45, 2.75) is 19.9 Å². The largest absolute Gasteiger partial charge is 0.330 e. The molecule has 0 aliphatic carbocycles. The minimum Gasteiger partial charge on any atom is -0.330 e. The average molecular weight is 265 g/mol. The molecule has 0 radical (unpaired) electrons. The van der Waals surface area contributed by atoms with Crippen molar-refractivity contribution in [3.63, 3.8) is 0 Å². The van der Waals surface area contributed by atoms with E-state index in [2.05, 4.69) is 54.0 Å². The predicted molar refractivity (Wildman–Crippen MR) is 83.6 cm³/mol. The van der Waals surface area contributed by atoms with E-state index in [-0.39, 0.29) is 0 Å². The molecule has 0 unspecified atom stereocenters. The first-order valence-electron chi connectivity index (χ1n) is 7.02. The smallest absolute Gasteiger partial charge is 0.141 e. The molecule has 102 valence electrons. The van der Waals surface area contributed by atoms with Crippen molar-refractivity contribution in [1.29, 1.82) is 0 Å². The van der Waals surface area contributed by atoms with Gasteiger partial charge in [-0.05, 0) is 37.6 Å². The molecule has 0 aliphatic rings. The van der Waals surface area contributed by atoms with Crippen molar-refractivity contribution in [3.05, 3.63) is 54.1 Å². The number of aromatic nitrogens is 2. The fourth-order valence-corrected chi connectivity index (χ4v) is 2.58. The number of imidazole rings is 1. The molecule has 0 fully saturated rings. The fourth-order valence-electron chi connectivity index (χ4n) is 2.58. The van der Waals surface area contributed by atoms with Crippen molar-refractivity contribution < 1.29 is 0 Å². The normalized spacial score (nSPS) is 11.1. The number of para-hydroxylation sites is 2. The van der Waals surface area contributed by atoms with Crippen molar-refractivity contribution in [2.24, 2.45) is 5.73 Å². The van der Waals surface area contributed by atoms with Gasteiger partial charge in [0.1, 0.15) is 5.82 Å². The topological polar surface area (TPSA) is 43.8 Å². The first-order valence-corrected chi connectivity index (χ1v) is 7.02. The van der Waals surface area contributed by atoms with Gasteiger partial charge in [-0.3, -0.25) is 0 Å². The quantitative estimate of drug-likeness (QED) is 0.786. The summed E-state index contributed by atoms with van der Waals surface area (Å²) in [5, 5.41) is 0. The van der Waals surface area contributed by atoms with Crippen LogP contribution in [-0.2, 0) is 6.54 Å². The molecule has 0 saturated carbocycles. The van der Waals surface area contributed by atoms with E-state index in [0.29, 0.717) is 6.54 Å². The van der Waals surface area contributed by atoms with Gasteiger partial charge in [0.05, 0.1) is 11.0 Å². The third-order valence-electron chi connectivity index (χ3n) is 3.63. The third-order valence-corrected chi connectivity index (χ3v) is 3.63. The monoisotopic (exact) mass is 265 g/mol. The predicted octanol–water partition coefficient (Wildman–Crippen LogP) is 3.36. The molecule has 20 heavy (non-hydrogen) atoms. The van der Waals surface area contributed by atoms with Crippen LogP contribution in [0.15, 0.2) is 48.5 Å². The maximum absolute atomic E-state index is 5.67. The lowest BCUT2D eigenvalue weighted by Crippen LogP contribution is -2.07. The van der Waals surface area contributed by atoms with Crippen LogP contribution in [-0.4, -0.2) is 16.1 Å². The Kier molecular flexibility index (Phi) is 3.52. The summed E-state index contributed by atoms with van der Waals surface area (Å²) in [7, 11) is 0. The molecule has 0 amide bonds. The molecule has 3 aromatic rings. The Labute approximate surface area is 119 Å². The van der Waals surface area contributed by atoms with Gasteiger partial charge in [0.25, 0.3) is 0 Å². The van der Waals surface area contributed by atoms with Gasteiger partial charge in [-0.15, -0.1) is 0 Å². The van der Waals surface area contributed by atoms with Crippen molar-refractivity contribution in [1.82, 2.24) is 9.55 Å². The Balaban J connectivity index is 2.21. The van der Waals surface area contributed by atoms with E-state index in [1.165, 1.54) is 16.6 Å². The van der Waals surface area contributed by atoms with E-state index in [1.54, 1.807) is 0 Å². The maximum Gasteiger partial charge on any atom is 0.141 e. The highest BCUT2D eigenvalue weighted by Gasteiger charge is 2.13. The molecule has 0 atom stereocenters. The van der Waals surface area contributed by atoms with Gasteiger partial charge in [0.15, 0.2) is 0 Å². The van der Waals surface area contributed by atoms with E-state index in [0.717, 1.165) is 24.3 Å². The number of fused-ring (bicyclic) bond motifs is 1. The van der Waals surface area contributed by atoms with Gasteiger partial charge in [-0.1, -0.05) is 36.4 Å². The summed E-state index contributed by atoms with van der Waals surface area (Å²) in [5.41, 5.74) is 10.3. The van der Waals surface area contributed by atoms with E-state index in [9.17, 15) is 0 Å². The molecular weight excluding hydrogens is 246 g/mol. The number of nitrogens with zero attached hydrogens (tertiary/aromatic N) is 2. The standard InChI is InChI=1S/C17H19N3/c1-13-7-2-3-8-14(13)17-19-15-9-4-5-10-16(15)20(17)12-6-11-18/h2-5,7-10H,6,11-12,18H2,1H3. The van der Waals surface area contributed by atoms with Crippen LogP contribution in [0.4, 0.5) is 0 Å². The molecule has 2 aromatic carbocycles. The second kappa shape index (κ2) is 5.47. The first-order chi connectivity index (χ1) is 9.81. The summed E-state index contributed by atoms with van der Waals surface area (Å²) in [4.78, 5) is 4.82. The highest BCUT2D eigenvalue weighted by molar-refractivity contribution is 5.81. The zero-order valence-electron chi connectivity index (χ0n) is 11.7. The average Bonchev–Trinajstić information content (AvgIpc) is 2.84. The summed E-state index contributed by atoms with van der Waals surface area (Å²) in [6.45, 7) is 3.72. The van der Waals surface area contributed by atoms with Gasteiger partial charge in [-0.25, -0.2) is 4.98 Å². The van der Waals surface area contributed by atoms with Crippen LogP contribution >= 0.6 is 0 Å². The molecule has 1 aromatic heterocycles. The van der Waals surface area contributed by atoms with E-state index >= 15 is 0 Å². The number of aryl methyl sites for hydroxylation is 2. The minimum atomic E-state index is 0.694. The molecule has 0 aliphatic heterocycles. The van der Waals surface area contributed by atoms with Crippen molar-refractivity contribution in [3.8, 4) is 11.4 Å². The lowest BCUT2D eigenvalue weighted by atomic mass is 10.1. The van der Waals surface area contributed by atoms with Crippen LogP contribution in [0.1, 0.15) is 12.0 Å². The van der Waals surface area contributed by atoms with E-state index in [4.69, 9.17) is 10.7 Å². The molecular formula is C17H19N3. The molecule has 3 heteroatoms. The molecule has 3 rings (SSSR count). The van der Waals surface area contributed by atoms with Crippen LogP contribution < -0.4 is 5.73 Å². The number of hydrogen-bond acceptors (Lipinski definition) is 2. The lowest BCUT2D eigenvalue weighted by Gasteiger charge is -2.10. The summed E-state index contributed by atoms with van der Waals surface area (Å²) in [6, 6.07) is 16.7. The number of nitrogens with two attached hydrogens (primary N) is 1.